The van der Waals surface area contributed by atoms with E-state index in [1.165, 1.54) is 35.5 Å². The number of nitrogens with zero attached hydrogens (tertiary/aromatic N) is 6. The summed E-state index contributed by atoms with van der Waals surface area (Å²) < 4.78 is 57.9. The zero-order valence-electron chi connectivity index (χ0n) is 16.0. The van der Waals surface area contributed by atoms with Gasteiger partial charge in [0.1, 0.15) is 11.8 Å². The standard InChI is InChI=1S/C19H16F4N6O2/c20-14-5-1-4-13(17(14)29-26-6-7-27-29)18(30)28-8-2-3-12(11-28)31-16-10-24-15(9-25-16)19(21,22)23/h1,4-7,9-10,12H,2-3,8,11H2/t12-/m1/s1. The Morgan fingerprint density at radius 3 is 2.58 bits per heavy atom. The number of hydrogen-bond acceptors (Lipinski definition) is 6. The Hall–Kier alpha value is -3.57. The molecule has 0 N–H and O–H groups in total. The van der Waals surface area contributed by atoms with Crippen LogP contribution in [0.25, 0.3) is 5.69 Å². The number of carbonyl (C=O) groups is 1. The fourth-order valence-electron chi connectivity index (χ4n) is 3.31. The van der Waals surface area contributed by atoms with Gasteiger partial charge in [0.2, 0.25) is 5.88 Å². The molecular formula is C19H16F4N6O2. The maximum atomic E-state index is 14.4. The first-order valence-electron chi connectivity index (χ1n) is 9.33. The third kappa shape index (κ3) is 4.47. The lowest BCUT2D eigenvalue weighted by molar-refractivity contribution is -0.141. The van der Waals surface area contributed by atoms with Crippen molar-refractivity contribution in [2.24, 2.45) is 0 Å². The molecule has 0 unspecified atom stereocenters. The van der Waals surface area contributed by atoms with E-state index in [0.717, 1.165) is 11.0 Å². The first-order valence-corrected chi connectivity index (χ1v) is 9.33. The molecule has 1 aliphatic heterocycles. The van der Waals surface area contributed by atoms with E-state index in [2.05, 4.69) is 20.2 Å². The van der Waals surface area contributed by atoms with E-state index in [4.69, 9.17) is 4.74 Å². The van der Waals surface area contributed by atoms with Crippen LogP contribution in [0.15, 0.2) is 43.0 Å². The number of ether oxygens (including phenoxy) is 1. The van der Waals surface area contributed by atoms with Crippen molar-refractivity contribution in [3.05, 3.63) is 60.1 Å². The van der Waals surface area contributed by atoms with Crippen molar-refractivity contribution in [3.8, 4) is 11.6 Å². The van der Waals surface area contributed by atoms with Crippen molar-refractivity contribution in [2.45, 2.75) is 25.1 Å². The van der Waals surface area contributed by atoms with Crippen LogP contribution in [0.1, 0.15) is 28.9 Å². The third-order valence-electron chi connectivity index (χ3n) is 4.71. The Morgan fingerprint density at radius 1 is 1.13 bits per heavy atom. The molecule has 12 heteroatoms. The van der Waals surface area contributed by atoms with E-state index in [1.807, 2.05) is 0 Å². The van der Waals surface area contributed by atoms with Gasteiger partial charge in [-0.15, -0.1) is 4.80 Å². The number of aromatic nitrogens is 5. The zero-order valence-corrected chi connectivity index (χ0v) is 16.0. The molecule has 1 aromatic carbocycles. The zero-order chi connectivity index (χ0) is 22.0. The van der Waals surface area contributed by atoms with E-state index >= 15 is 0 Å². The molecule has 1 saturated heterocycles. The van der Waals surface area contributed by atoms with Crippen LogP contribution in [0.4, 0.5) is 17.6 Å². The molecule has 3 heterocycles. The van der Waals surface area contributed by atoms with Gasteiger partial charge in [0.05, 0.1) is 36.9 Å². The summed E-state index contributed by atoms with van der Waals surface area (Å²) >= 11 is 0. The normalized spacial score (nSPS) is 16.9. The van der Waals surface area contributed by atoms with Gasteiger partial charge in [0.25, 0.3) is 5.91 Å². The van der Waals surface area contributed by atoms with E-state index in [9.17, 15) is 22.4 Å². The van der Waals surface area contributed by atoms with Crippen molar-refractivity contribution in [1.29, 1.82) is 0 Å². The summed E-state index contributed by atoms with van der Waals surface area (Å²) in [5.74, 6) is -1.15. The Balaban J connectivity index is 1.49. The van der Waals surface area contributed by atoms with Crippen LogP contribution in [-0.2, 0) is 6.18 Å². The minimum absolute atomic E-state index is 0.0610. The van der Waals surface area contributed by atoms with Gasteiger partial charge in [-0.1, -0.05) is 6.07 Å². The predicted octanol–water partition coefficient (Wildman–Crippen LogP) is 2.90. The molecule has 1 amide bonds. The average Bonchev–Trinajstić information content (AvgIpc) is 3.27. The van der Waals surface area contributed by atoms with Crippen LogP contribution >= 0.6 is 0 Å². The molecule has 8 nitrogen and oxygen atoms in total. The van der Waals surface area contributed by atoms with Crippen LogP contribution in [-0.4, -0.2) is 55.0 Å². The predicted molar refractivity (Wildman–Crippen MR) is 97.9 cm³/mol. The molecule has 4 rings (SSSR count). The largest absolute Gasteiger partial charge is 0.471 e. The second-order valence-electron chi connectivity index (χ2n) is 6.83. The fourth-order valence-corrected chi connectivity index (χ4v) is 3.31. The molecular weight excluding hydrogens is 420 g/mol. The van der Waals surface area contributed by atoms with Gasteiger partial charge in [-0.05, 0) is 25.0 Å². The minimum atomic E-state index is -4.59. The average molecular weight is 436 g/mol. The second-order valence-corrected chi connectivity index (χ2v) is 6.83. The van der Waals surface area contributed by atoms with Gasteiger partial charge in [-0.25, -0.2) is 14.4 Å². The number of likely N-dealkylation sites (tertiary alicyclic amines) is 1. The number of para-hydroxylation sites is 1. The van der Waals surface area contributed by atoms with Crippen molar-refractivity contribution in [2.75, 3.05) is 13.1 Å². The highest BCUT2D eigenvalue weighted by molar-refractivity contribution is 5.97. The number of carbonyl (C=O) groups excluding carboxylic acids is 1. The summed E-state index contributed by atoms with van der Waals surface area (Å²) in [7, 11) is 0. The van der Waals surface area contributed by atoms with Gasteiger partial charge in [0.15, 0.2) is 11.5 Å². The van der Waals surface area contributed by atoms with Crippen molar-refractivity contribution in [1.82, 2.24) is 29.9 Å². The molecule has 1 aliphatic rings. The molecule has 162 valence electrons. The van der Waals surface area contributed by atoms with Gasteiger partial charge in [0, 0.05) is 6.54 Å². The summed E-state index contributed by atoms with van der Waals surface area (Å²) in [6, 6.07) is 4.11. The number of benzene rings is 1. The highest BCUT2D eigenvalue weighted by atomic mass is 19.4. The van der Waals surface area contributed by atoms with E-state index in [0.29, 0.717) is 25.6 Å². The highest BCUT2D eigenvalue weighted by Gasteiger charge is 2.33. The molecule has 0 radical (unpaired) electrons. The van der Waals surface area contributed by atoms with E-state index < -0.39 is 29.7 Å². The van der Waals surface area contributed by atoms with Crippen molar-refractivity contribution >= 4 is 5.91 Å². The maximum absolute atomic E-state index is 14.4. The van der Waals surface area contributed by atoms with Gasteiger partial charge in [-0.2, -0.15) is 23.4 Å². The Kier molecular flexibility index (Phi) is 5.53. The number of amides is 1. The van der Waals surface area contributed by atoms with Gasteiger partial charge < -0.3 is 9.64 Å². The SMILES string of the molecule is O=C(c1cccc(F)c1-n1nccn1)N1CCC[C@@H](Oc2cnc(C(F)(F)F)cn2)C1. The molecule has 0 bridgehead atoms. The molecule has 31 heavy (non-hydrogen) atoms. The van der Waals surface area contributed by atoms with Crippen LogP contribution < -0.4 is 4.74 Å². The van der Waals surface area contributed by atoms with Crippen LogP contribution in [0.3, 0.4) is 0 Å². The van der Waals surface area contributed by atoms with E-state index in [1.54, 1.807) is 0 Å². The van der Waals surface area contributed by atoms with Crippen LogP contribution in [0, 0.1) is 5.82 Å². The monoisotopic (exact) mass is 436 g/mol. The van der Waals surface area contributed by atoms with Gasteiger partial charge in [-0.3, -0.25) is 4.79 Å². The smallest absolute Gasteiger partial charge is 0.434 e. The highest BCUT2D eigenvalue weighted by Crippen LogP contribution is 2.28. The molecule has 0 saturated carbocycles. The summed E-state index contributed by atoms with van der Waals surface area (Å²) in [4.78, 5) is 22.6. The molecule has 1 fully saturated rings. The third-order valence-corrected chi connectivity index (χ3v) is 4.71. The molecule has 2 aromatic heterocycles. The topological polar surface area (TPSA) is 86.0 Å². The molecule has 1 atom stereocenters. The number of hydrogen-bond donors (Lipinski definition) is 0. The summed E-state index contributed by atoms with van der Waals surface area (Å²) in [5, 5.41) is 7.81. The van der Waals surface area contributed by atoms with Gasteiger partial charge >= 0.3 is 6.18 Å². The fraction of sp³-hybridized carbons (Fsp3) is 0.316. The molecule has 0 aliphatic carbocycles. The first-order chi connectivity index (χ1) is 14.8. The molecule has 3 aromatic rings. The van der Waals surface area contributed by atoms with Crippen molar-refractivity contribution < 1.29 is 27.1 Å². The lowest BCUT2D eigenvalue weighted by Gasteiger charge is -2.33. The number of piperidine rings is 1. The quantitative estimate of drug-likeness (QED) is 0.585. The van der Waals surface area contributed by atoms with Crippen molar-refractivity contribution in [3.63, 3.8) is 0 Å². The van der Waals surface area contributed by atoms with Crippen LogP contribution in [0.5, 0.6) is 5.88 Å². The summed E-state index contributed by atoms with van der Waals surface area (Å²) in [6.45, 7) is 0.573. The Morgan fingerprint density at radius 2 is 1.90 bits per heavy atom. The molecule has 0 spiro atoms. The number of alkyl halides is 3. The summed E-state index contributed by atoms with van der Waals surface area (Å²) in [5.41, 5.74) is -1.09. The minimum Gasteiger partial charge on any atom is -0.471 e. The number of halogens is 4. The first kappa shape index (κ1) is 20.7. The van der Waals surface area contributed by atoms with E-state index in [-0.39, 0.29) is 23.7 Å². The maximum Gasteiger partial charge on any atom is 0.434 e. The lowest BCUT2D eigenvalue weighted by Crippen LogP contribution is -2.44. The Labute approximate surface area is 173 Å². The second kappa shape index (κ2) is 8.28. The number of rotatable bonds is 4. The van der Waals surface area contributed by atoms with Crippen LogP contribution in [0.2, 0.25) is 0 Å². The summed E-state index contributed by atoms with van der Waals surface area (Å²) in [6.07, 6.45) is 0.315. The Bertz CT molecular complexity index is 1060. The lowest BCUT2D eigenvalue weighted by atomic mass is 10.1.